The van der Waals surface area contributed by atoms with Crippen LogP contribution >= 0.6 is 11.3 Å². The quantitative estimate of drug-likeness (QED) is 0.764. The van der Waals surface area contributed by atoms with E-state index < -0.39 is 0 Å². The highest BCUT2D eigenvalue weighted by molar-refractivity contribution is 7.09. The molecule has 0 spiro atoms. The fourth-order valence-electron chi connectivity index (χ4n) is 2.34. The van der Waals surface area contributed by atoms with Crippen molar-refractivity contribution >= 4 is 11.3 Å². The molecule has 2 rings (SSSR count). The van der Waals surface area contributed by atoms with Gasteiger partial charge in [0.1, 0.15) is 0 Å². The lowest BCUT2D eigenvalue weighted by Crippen LogP contribution is -2.30. The van der Waals surface area contributed by atoms with Crippen LogP contribution in [0.4, 0.5) is 0 Å². The second-order valence-corrected chi connectivity index (χ2v) is 6.51. The molecule has 1 aromatic carbocycles. The van der Waals surface area contributed by atoms with E-state index in [0.29, 0.717) is 19.8 Å². The van der Waals surface area contributed by atoms with Crippen LogP contribution in [-0.4, -0.2) is 50.4 Å². The van der Waals surface area contributed by atoms with Crippen molar-refractivity contribution < 1.29 is 9.47 Å². The first-order valence-corrected chi connectivity index (χ1v) is 8.45. The second-order valence-electron chi connectivity index (χ2n) is 5.44. The zero-order valence-electron chi connectivity index (χ0n) is 13.9. The third-order valence-corrected chi connectivity index (χ3v) is 4.52. The lowest BCUT2D eigenvalue weighted by molar-refractivity contribution is 0.111. The lowest BCUT2D eigenvalue weighted by atomic mass is 10.1. The van der Waals surface area contributed by atoms with Crippen molar-refractivity contribution in [2.45, 2.75) is 13.5 Å². The van der Waals surface area contributed by atoms with Crippen LogP contribution in [0.15, 0.2) is 29.1 Å². The van der Waals surface area contributed by atoms with E-state index in [0.717, 1.165) is 29.2 Å². The number of H-pyrrole nitrogens is 1. The molecular weight excluding hydrogens is 312 g/mol. The Morgan fingerprint density at radius 1 is 1.09 bits per heavy atom. The van der Waals surface area contributed by atoms with Crippen molar-refractivity contribution in [2.75, 3.05) is 40.5 Å². The molecule has 0 unspecified atom stereocenters. The Kier molecular flexibility index (Phi) is 6.98. The molecule has 0 aliphatic rings. The van der Waals surface area contributed by atoms with E-state index in [1.165, 1.54) is 16.9 Å². The van der Waals surface area contributed by atoms with Crippen molar-refractivity contribution in [1.82, 2.24) is 9.88 Å². The predicted octanol–water partition coefficient (Wildman–Crippen LogP) is 2.51. The van der Waals surface area contributed by atoms with E-state index >= 15 is 0 Å². The zero-order chi connectivity index (χ0) is 16.7. The van der Waals surface area contributed by atoms with Crippen molar-refractivity contribution in [3.8, 4) is 11.3 Å². The molecule has 1 N–H and O–H groups in total. The van der Waals surface area contributed by atoms with Crippen LogP contribution in [0.1, 0.15) is 10.4 Å². The number of hydrogen-bond acceptors (Lipinski definition) is 5. The summed E-state index contributed by atoms with van der Waals surface area (Å²) >= 11 is 1.27. The van der Waals surface area contributed by atoms with Gasteiger partial charge in [-0.2, -0.15) is 0 Å². The fraction of sp³-hybridized carbons (Fsp3) is 0.471. The summed E-state index contributed by atoms with van der Waals surface area (Å²) in [6.45, 7) is 5.68. The van der Waals surface area contributed by atoms with Gasteiger partial charge in [0.15, 0.2) is 0 Å². The zero-order valence-corrected chi connectivity index (χ0v) is 14.7. The molecule has 0 fully saturated rings. The van der Waals surface area contributed by atoms with Crippen LogP contribution in [0.3, 0.4) is 0 Å². The molecule has 2 aromatic rings. The topological polar surface area (TPSA) is 54.6 Å². The number of aromatic nitrogens is 1. The summed E-state index contributed by atoms with van der Waals surface area (Å²) < 4.78 is 10.3. The van der Waals surface area contributed by atoms with Crippen molar-refractivity contribution in [3.63, 3.8) is 0 Å². The molecule has 0 radical (unpaired) electrons. The maximum atomic E-state index is 11.9. The molecular formula is C17H24N2O3S. The van der Waals surface area contributed by atoms with Crippen molar-refractivity contribution in [2.24, 2.45) is 0 Å². The van der Waals surface area contributed by atoms with Crippen LogP contribution in [0.2, 0.25) is 0 Å². The first kappa shape index (κ1) is 17.9. The molecule has 1 aromatic heterocycles. The van der Waals surface area contributed by atoms with Gasteiger partial charge in [0, 0.05) is 38.7 Å². The number of aromatic amines is 1. The molecule has 0 aliphatic carbocycles. The average Bonchev–Trinajstić information content (AvgIpc) is 2.91. The highest BCUT2D eigenvalue weighted by Crippen LogP contribution is 2.24. The number of hydrogen-bond donors (Lipinski definition) is 1. The van der Waals surface area contributed by atoms with Gasteiger partial charge in [-0.3, -0.25) is 9.69 Å². The van der Waals surface area contributed by atoms with Gasteiger partial charge in [-0.05, 0) is 12.5 Å². The number of ether oxygens (including phenoxy) is 2. The third-order valence-electron chi connectivity index (χ3n) is 3.65. The molecule has 0 aliphatic heterocycles. The summed E-state index contributed by atoms with van der Waals surface area (Å²) in [5.41, 5.74) is 3.16. The van der Waals surface area contributed by atoms with Crippen molar-refractivity contribution in [1.29, 1.82) is 0 Å². The van der Waals surface area contributed by atoms with Gasteiger partial charge in [-0.25, -0.2) is 0 Å². The molecule has 5 nitrogen and oxygen atoms in total. The largest absolute Gasteiger partial charge is 0.383 e. The minimum atomic E-state index is -0.0194. The number of benzene rings is 1. The van der Waals surface area contributed by atoms with Gasteiger partial charge < -0.3 is 14.5 Å². The van der Waals surface area contributed by atoms with Crippen LogP contribution in [0, 0.1) is 6.92 Å². The Morgan fingerprint density at radius 2 is 1.70 bits per heavy atom. The molecule has 0 saturated heterocycles. The summed E-state index contributed by atoms with van der Waals surface area (Å²) in [6, 6.07) is 8.21. The van der Waals surface area contributed by atoms with Crippen LogP contribution in [0.25, 0.3) is 11.3 Å². The Bertz CT molecular complexity index is 641. The molecule has 6 heteroatoms. The second kappa shape index (κ2) is 8.98. The average molecular weight is 336 g/mol. The molecule has 23 heavy (non-hydrogen) atoms. The van der Waals surface area contributed by atoms with E-state index in [4.69, 9.17) is 9.47 Å². The molecule has 0 atom stereocenters. The van der Waals surface area contributed by atoms with Gasteiger partial charge in [0.25, 0.3) is 0 Å². The van der Waals surface area contributed by atoms with Crippen LogP contribution < -0.4 is 4.87 Å². The monoisotopic (exact) mass is 336 g/mol. The summed E-state index contributed by atoms with van der Waals surface area (Å²) in [7, 11) is 3.39. The normalized spacial score (nSPS) is 11.3. The highest BCUT2D eigenvalue weighted by Gasteiger charge is 2.14. The summed E-state index contributed by atoms with van der Waals surface area (Å²) in [5.74, 6) is 0. The van der Waals surface area contributed by atoms with E-state index in [1.54, 1.807) is 14.2 Å². The number of thiazole rings is 1. The highest BCUT2D eigenvalue weighted by atomic mass is 32.1. The van der Waals surface area contributed by atoms with Gasteiger partial charge >= 0.3 is 4.87 Å². The van der Waals surface area contributed by atoms with Gasteiger partial charge in [0.05, 0.1) is 18.9 Å². The van der Waals surface area contributed by atoms with Gasteiger partial charge in [-0.15, -0.1) is 0 Å². The smallest absolute Gasteiger partial charge is 0.305 e. The van der Waals surface area contributed by atoms with E-state index in [1.807, 2.05) is 12.1 Å². The van der Waals surface area contributed by atoms with Crippen LogP contribution in [0.5, 0.6) is 0 Å². The number of nitrogens with one attached hydrogen (secondary N) is 1. The van der Waals surface area contributed by atoms with Gasteiger partial charge in [-0.1, -0.05) is 41.2 Å². The Balaban J connectivity index is 2.20. The minimum absolute atomic E-state index is 0.0194. The number of rotatable bonds is 9. The Labute approximate surface area is 140 Å². The van der Waals surface area contributed by atoms with E-state index in [9.17, 15) is 4.79 Å². The summed E-state index contributed by atoms with van der Waals surface area (Å²) in [4.78, 5) is 18.1. The SMILES string of the molecule is COCCN(CCOC)Cc1sc(=O)[nH]c1-c1ccc(C)cc1. The molecule has 1 heterocycles. The number of nitrogens with zero attached hydrogens (tertiary/aromatic N) is 1. The maximum absolute atomic E-state index is 11.9. The predicted molar refractivity (Wildman–Crippen MR) is 94.1 cm³/mol. The first-order valence-electron chi connectivity index (χ1n) is 7.63. The minimum Gasteiger partial charge on any atom is -0.383 e. The maximum Gasteiger partial charge on any atom is 0.305 e. The van der Waals surface area contributed by atoms with Crippen LogP contribution in [-0.2, 0) is 16.0 Å². The fourth-order valence-corrected chi connectivity index (χ4v) is 3.23. The number of methoxy groups -OCH3 is 2. The standard InChI is InChI=1S/C17H24N2O3S/c1-13-4-6-14(7-5-13)16-15(23-17(20)18-16)12-19(8-10-21-2)9-11-22-3/h4-7H,8-12H2,1-3H3,(H,18,20). The summed E-state index contributed by atoms with van der Waals surface area (Å²) in [6.07, 6.45) is 0. The summed E-state index contributed by atoms with van der Waals surface area (Å²) in [5, 5.41) is 0. The molecule has 126 valence electrons. The number of aryl methyl sites for hydroxylation is 1. The lowest BCUT2D eigenvalue weighted by Gasteiger charge is -2.21. The van der Waals surface area contributed by atoms with E-state index in [-0.39, 0.29) is 4.87 Å². The van der Waals surface area contributed by atoms with Crippen molar-refractivity contribution in [3.05, 3.63) is 44.4 Å². The first-order chi connectivity index (χ1) is 11.1. The van der Waals surface area contributed by atoms with E-state index in [2.05, 4.69) is 28.9 Å². The Hall–Kier alpha value is -1.47. The third kappa shape index (κ3) is 5.28. The van der Waals surface area contributed by atoms with Gasteiger partial charge in [0.2, 0.25) is 0 Å². The Morgan fingerprint density at radius 3 is 2.26 bits per heavy atom. The molecule has 0 bridgehead atoms. The molecule has 0 saturated carbocycles. The molecule has 0 amide bonds.